The number of carbonyl (C=O) groups excluding carboxylic acids is 4. The van der Waals surface area contributed by atoms with E-state index in [0.717, 1.165) is 114 Å². The first kappa shape index (κ1) is 92.1. The Balaban J connectivity index is 5.22. The van der Waals surface area contributed by atoms with Crippen molar-refractivity contribution in [3.05, 3.63) is 0 Å². The molecule has 0 aliphatic carbocycles. The van der Waals surface area contributed by atoms with Crippen molar-refractivity contribution in [2.45, 2.75) is 395 Å². The Bertz CT molecular complexity index is 1850. The lowest BCUT2D eigenvalue weighted by Crippen LogP contribution is -2.30. The molecule has 558 valence electrons. The van der Waals surface area contributed by atoms with Crippen LogP contribution in [0.25, 0.3) is 0 Å². The van der Waals surface area contributed by atoms with Gasteiger partial charge >= 0.3 is 39.5 Å². The normalized spacial score (nSPS) is 14.4. The molecule has 0 aliphatic heterocycles. The number of hydrogen-bond acceptors (Lipinski definition) is 15. The largest absolute Gasteiger partial charge is 0.472 e. The van der Waals surface area contributed by atoms with Crippen molar-refractivity contribution in [3.63, 3.8) is 0 Å². The van der Waals surface area contributed by atoms with Crippen LogP contribution in [0.5, 0.6) is 0 Å². The molecule has 0 aromatic rings. The summed E-state index contributed by atoms with van der Waals surface area (Å²) in [5, 5.41) is 10.6. The standard InChI is InChI=1S/C75H146O17P2/c1-9-68(8)54-46-38-29-23-18-19-25-31-41-49-57-74(79)91-70(61-85-72(77)55-47-39-30-24-17-15-13-11-10-12-14-16-21-27-35-43-51-65(2)3)63-89-93(81,82)87-59-69(76)60-88-94(83,84)90-64-71(62-86-73(78)56-48-40-34-33-37-45-53-67(6)7)92-75(80)58-50-42-32-26-20-22-28-36-44-52-66(4)5/h65-71,76H,9-64H2,1-8H3,(H,81,82)(H,83,84)/t68?,69-,70-,71-/m1/s1. The monoisotopic (exact) mass is 1380 g/mol. The van der Waals surface area contributed by atoms with Gasteiger partial charge in [-0.1, -0.05) is 325 Å². The highest BCUT2D eigenvalue weighted by Gasteiger charge is 2.30. The summed E-state index contributed by atoms with van der Waals surface area (Å²) < 4.78 is 68.4. The van der Waals surface area contributed by atoms with Gasteiger partial charge in [-0.2, -0.15) is 0 Å². The van der Waals surface area contributed by atoms with Crippen molar-refractivity contribution in [1.29, 1.82) is 0 Å². The summed E-state index contributed by atoms with van der Waals surface area (Å²) in [6, 6.07) is 0. The first-order chi connectivity index (χ1) is 45.1. The molecule has 0 spiro atoms. The second kappa shape index (κ2) is 64.4. The summed E-state index contributed by atoms with van der Waals surface area (Å²) in [5.41, 5.74) is 0. The van der Waals surface area contributed by atoms with Crippen LogP contribution >= 0.6 is 15.6 Å². The van der Waals surface area contributed by atoms with E-state index in [1.54, 1.807) is 0 Å². The van der Waals surface area contributed by atoms with Gasteiger partial charge in [0.2, 0.25) is 0 Å². The van der Waals surface area contributed by atoms with Crippen LogP contribution in [0.15, 0.2) is 0 Å². The number of ether oxygens (including phenoxy) is 4. The Kier molecular flexibility index (Phi) is 63.1. The average Bonchev–Trinajstić information content (AvgIpc) is 1.75. The van der Waals surface area contributed by atoms with Crippen LogP contribution in [0.2, 0.25) is 0 Å². The molecule has 0 saturated carbocycles. The van der Waals surface area contributed by atoms with E-state index < -0.39 is 97.5 Å². The molecular formula is C75H146O17P2. The smallest absolute Gasteiger partial charge is 0.462 e. The Morgan fingerprint density at radius 2 is 0.511 bits per heavy atom. The summed E-state index contributed by atoms with van der Waals surface area (Å²) in [4.78, 5) is 72.7. The summed E-state index contributed by atoms with van der Waals surface area (Å²) in [6.45, 7) is 14.1. The highest BCUT2D eigenvalue weighted by atomic mass is 31.2. The minimum absolute atomic E-state index is 0.104. The molecule has 19 heteroatoms. The molecule has 0 aliphatic rings. The van der Waals surface area contributed by atoms with E-state index in [-0.39, 0.29) is 25.7 Å². The first-order valence-electron chi connectivity index (χ1n) is 38.7. The number of phosphoric ester groups is 2. The SMILES string of the molecule is CCC(C)CCCCCCCCCCCCC(=O)O[C@H](COC(=O)CCCCCCCCCCCCCCCCCCC(C)C)COP(=O)(O)OC[C@@H](O)COP(=O)(O)OC[C@@H](COC(=O)CCCCCCCCC(C)C)OC(=O)CCCCCCCCCCCC(C)C. The van der Waals surface area contributed by atoms with E-state index in [9.17, 15) is 43.2 Å². The Morgan fingerprint density at radius 3 is 0.755 bits per heavy atom. The third-order valence-electron chi connectivity index (χ3n) is 17.7. The lowest BCUT2D eigenvalue weighted by Gasteiger charge is -2.21. The van der Waals surface area contributed by atoms with Crippen LogP contribution in [-0.2, 0) is 65.4 Å². The molecule has 94 heavy (non-hydrogen) atoms. The van der Waals surface area contributed by atoms with E-state index in [1.165, 1.54) is 173 Å². The molecule has 6 atom stereocenters. The Morgan fingerprint density at radius 1 is 0.298 bits per heavy atom. The summed E-state index contributed by atoms with van der Waals surface area (Å²) >= 11 is 0. The highest BCUT2D eigenvalue weighted by Crippen LogP contribution is 2.45. The Hall–Kier alpha value is -1.94. The lowest BCUT2D eigenvalue weighted by molar-refractivity contribution is -0.161. The minimum atomic E-state index is -4.96. The second-order valence-electron chi connectivity index (χ2n) is 28.7. The van der Waals surface area contributed by atoms with E-state index in [2.05, 4.69) is 55.4 Å². The minimum Gasteiger partial charge on any atom is -0.462 e. The maximum Gasteiger partial charge on any atom is 0.472 e. The van der Waals surface area contributed by atoms with Crippen LogP contribution in [0.1, 0.15) is 376 Å². The number of aliphatic hydroxyl groups is 1. The number of rotatable bonds is 72. The van der Waals surface area contributed by atoms with Crippen molar-refractivity contribution in [2.75, 3.05) is 39.6 Å². The summed E-state index contributed by atoms with van der Waals surface area (Å²) in [5.74, 6) is 0.906. The number of carbonyl (C=O) groups is 4. The molecule has 0 fully saturated rings. The van der Waals surface area contributed by atoms with Gasteiger partial charge in [-0.05, 0) is 49.4 Å². The van der Waals surface area contributed by atoms with E-state index in [0.29, 0.717) is 31.6 Å². The van der Waals surface area contributed by atoms with Gasteiger partial charge in [0.15, 0.2) is 12.2 Å². The van der Waals surface area contributed by atoms with Crippen molar-refractivity contribution in [2.24, 2.45) is 23.7 Å². The van der Waals surface area contributed by atoms with Gasteiger partial charge in [0, 0.05) is 25.7 Å². The number of phosphoric acid groups is 2. The van der Waals surface area contributed by atoms with Gasteiger partial charge in [0.05, 0.1) is 26.4 Å². The van der Waals surface area contributed by atoms with Crippen LogP contribution in [0.4, 0.5) is 0 Å². The Labute approximate surface area is 575 Å². The maximum absolute atomic E-state index is 13.1. The van der Waals surface area contributed by atoms with Crippen LogP contribution < -0.4 is 0 Å². The fourth-order valence-electron chi connectivity index (χ4n) is 11.3. The van der Waals surface area contributed by atoms with Gasteiger partial charge in [-0.15, -0.1) is 0 Å². The topological polar surface area (TPSA) is 237 Å². The molecule has 17 nitrogen and oxygen atoms in total. The predicted molar refractivity (Wildman–Crippen MR) is 381 cm³/mol. The van der Waals surface area contributed by atoms with Gasteiger partial charge in [0.25, 0.3) is 0 Å². The van der Waals surface area contributed by atoms with Crippen molar-refractivity contribution in [1.82, 2.24) is 0 Å². The molecular weight excluding hydrogens is 1230 g/mol. The molecule has 0 radical (unpaired) electrons. The van der Waals surface area contributed by atoms with E-state index >= 15 is 0 Å². The molecule has 0 bridgehead atoms. The zero-order valence-electron chi connectivity index (χ0n) is 61.6. The summed E-state index contributed by atoms with van der Waals surface area (Å²) in [7, 11) is -9.91. The number of hydrogen-bond donors (Lipinski definition) is 3. The molecule has 0 aromatic carbocycles. The zero-order chi connectivity index (χ0) is 69.6. The summed E-state index contributed by atoms with van der Waals surface area (Å²) in [6.07, 6.45) is 48.7. The van der Waals surface area contributed by atoms with Crippen molar-refractivity contribution >= 4 is 39.5 Å². The van der Waals surface area contributed by atoms with Crippen LogP contribution in [0, 0.1) is 23.7 Å². The molecule has 0 heterocycles. The van der Waals surface area contributed by atoms with E-state index in [1.807, 2.05) is 0 Å². The molecule has 0 amide bonds. The molecule has 0 saturated heterocycles. The average molecular weight is 1380 g/mol. The fraction of sp³-hybridized carbons (Fsp3) is 0.947. The van der Waals surface area contributed by atoms with Crippen molar-refractivity contribution < 1.29 is 80.2 Å². The second-order valence-corrected chi connectivity index (χ2v) is 31.6. The van der Waals surface area contributed by atoms with Crippen molar-refractivity contribution in [3.8, 4) is 0 Å². The van der Waals surface area contributed by atoms with Gasteiger partial charge in [-0.25, -0.2) is 9.13 Å². The van der Waals surface area contributed by atoms with E-state index in [4.69, 9.17) is 37.0 Å². The molecule has 0 aromatic heterocycles. The van der Waals surface area contributed by atoms with Gasteiger partial charge < -0.3 is 33.8 Å². The van der Waals surface area contributed by atoms with Gasteiger partial charge in [-0.3, -0.25) is 37.3 Å². The zero-order valence-corrected chi connectivity index (χ0v) is 63.4. The number of esters is 4. The highest BCUT2D eigenvalue weighted by molar-refractivity contribution is 7.47. The van der Waals surface area contributed by atoms with Crippen LogP contribution in [-0.4, -0.2) is 96.7 Å². The number of unbranched alkanes of at least 4 members (excludes halogenated alkanes) is 37. The maximum atomic E-state index is 13.1. The molecule has 3 unspecified atom stereocenters. The molecule has 3 N–H and O–H groups in total. The first-order valence-corrected chi connectivity index (χ1v) is 41.7. The third-order valence-corrected chi connectivity index (χ3v) is 19.6. The molecule has 0 rings (SSSR count). The quantitative estimate of drug-likeness (QED) is 0.0222. The van der Waals surface area contributed by atoms with Crippen LogP contribution in [0.3, 0.4) is 0 Å². The number of aliphatic hydroxyl groups excluding tert-OH is 1. The lowest BCUT2D eigenvalue weighted by atomic mass is 9.99. The predicted octanol–water partition coefficient (Wildman–Crippen LogP) is 21.7. The third kappa shape index (κ3) is 67.3. The fourth-order valence-corrected chi connectivity index (χ4v) is 12.9. The van der Waals surface area contributed by atoms with Gasteiger partial charge in [0.1, 0.15) is 19.3 Å².